The maximum atomic E-state index is 7.06. The lowest BCUT2D eigenvalue weighted by Crippen LogP contribution is -1.95. The van der Waals surface area contributed by atoms with Crippen molar-refractivity contribution >= 4 is 6.21 Å². The van der Waals surface area contributed by atoms with E-state index in [2.05, 4.69) is 32.1 Å². The normalized spacial score (nSPS) is 23.0. The fourth-order valence-corrected chi connectivity index (χ4v) is 1.50. The molecule has 0 unspecified atom stereocenters. The zero-order chi connectivity index (χ0) is 9.68. The Morgan fingerprint density at radius 2 is 2.23 bits per heavy atom. The largest absolute Gasteiger partial charge is 0.309 e. The van der Waals surface area contributed by atoms with E-state index in [0.29, 0.717) is 5.92 Å². The highest BCUT2D eigenvalue weighted by molar-refractivity contribution is 5.71. The van der Waals surface area contributed by atoms with Gasteiger partial charge in [-0.15, -0.1) is 0 Å². The Labute approximate surface area is 80.4 Å². The van der Waals surface area contributed by atoms with Crippen molar-refractivity contribution in [2.24, 2.45) is 5.92 Å². The molecule has 1 aliphatic carbocycles. The Bertz CT molecular complexity index is 267. The summed E-state index contributed by atoms with van der Waals surface area (Å²) in [7, 11) is 0. The predicted octanol–water partition coefficient (Wildman–Crippen LogP) is 3.49. The van der Waals surface area contributed by atoms with E-state index >= 15 is 0 Å². The van der Waals surface area contributed by atoms with E-state index in [0.717, 1.165) is 12.8 Å². The topological polar surface area (TPSA) is 23.9 Å². The van der Waals surface area contributed by atoms with E-state index in [9.17, 15) is 0 Å². The molecule has 0 aromatic carbocycles. The Hall–Kier alpha value is -1.11. The summed E-state index contributed by atoms with van der Waals surface area (Å²) in [6.45, 7) is 4.36. The zero-order valence-corrected chi connectivity index (χ0v) is 8.38. The summed E-state index contributed by atoms with van der Waals surface area (Å²) in [6, 6.07) is 0. The molecule has 0 spiro atoms. The van der Waals surface area contributed by atoms with Crippen molar-refractivity contribution in [3.63, 3.8) is 0 Å². The number of rotatable bonds is 2. The van der Waals surface area contributed by atoms with Gasteiger partial charge in [-0.2, -0.15) is 0 Å². The van der Waals surface area contributed by atoms with Gasteiger partial charge in [0, 0.05) is 6.21 Å². The Morgan fingerprint density at radius 1 is 1.46 bits per heavy atom. The van der Waals surface area contributed by atoms with Crippen LogP contribution in [0, 0.1) is 11.3 Å². The molecule has 0 fully saturated rings. The van der Waals surface area contributed by atoms with Gasteiger partial charge in [-0.3, -0.25) is 0 Å². The molecule has 70 valence electrons. The van der Waals surface area contributed by atoms with Gasteiger partial charge in [0.2, 0.25) is 0 Å². The molecule has 1 N–H and O–H groups in total. The molecular formula is C12H17N. The molecule has 0 aromatic heterocycles. The fraction of sp³-hybridized carbons (Fsp3) is 0.417. The van der Waals surface area contributed by atoms with Crippen LogP contribution >= 0.6 is 0 Å². The van der Waals surface area contributed by atoms with Crippen LogP contribution in [0.15, 0.2) is 35.5 Å². The van der Waals surface area contributed by atoms with Crippen LogP contribution in [0.4, 0.5) is 0 Å². The SMILES string of the molecule is CC(C)/C=C1/C=CCC/C1=C/C=N. The Balaban J connectivity index is 2.90. The number of nitrogens with one attached hydrogen (secondary N) is 1. The van der Waals surface area contributed by atoms with Gasteiger partial charge in [0.05, 0.1) is 0 Å². The van der Waals surface area contributed by atoms with E-state index in [1.165, 1.54) is 17.4 Å². The Kier molecular flexibility index (Phi) is 3.69. The summed E-state index contributed by atoms with van der Waals surface area (Å²) < 4.78 is 0. The summed E-state index contributed by atoms with van der Waals surface area (Å²) >= 11 is 0. The Morgan fingerprint density at radius 3 is 2.85 bits per heavy atom. The number of hydrogen-bond acceptors (Lipinski definition) is 1. The molecule has 1 aliphatic rings. The monoisotopic (exact) mass is 175 g/mol. The minimum absolute atomic E-state index is 0.576. The van der Waals surface area contributed by atoms with Crippen LogP contribution in [0.25, 0.3) is 0 Å². The second-order valence-electron chi connectivity index (χ2n) is 3.67. The number of allylic oxidation sites excluding steroid dienone is 6. The van der Waals surface area contributed by atoms with Crippen LogP contribution in [0.1, 0.15) is 26.7 Å². The van der Waals surface area contributed by atoms with E-state index < -0.39 is 0 Å². The molecular weight excluding hydrogens is 158 g/mol. The highest BCUT2D eigenvalue weighted by Gasteiger charge is 2.05. The zero-order valence-electron chi connectivity index (χ0n) is 8.38. The van der Waals surface area contributed by atoms with Crippen LogP contribution in [-0.4, -0.2) is 6.21 Å². The highest BCUT2D eigenvalue weighted by Crippen LogP contribution is 2.23. The number of hydrogen-bond donors (Lipinski definition) is 1. The van der Waals surface area contributed by atoms with Crippen molar-refractivity contribution in [1.82, 2.24) is 0 Å². The third-order valence-electron chi connectivity index (χ3n) is 2.05. The first kappa shape index (κ1) is 9.97. The van der Waals surface area contributed by atoms with E-state index in [1.807, 2.05) is 6.08 Å². The van der Waals surface area contributed by atoms with Crippen molar-refractivity contribution in [1.29, 1.82) is 5.41 Å². The summed E-state index contributed by atoms with van der Waals surface area (Å²) in [4.78, 5) is 0. The molecule has 1 rings (SSSR count). The molecule has 0 radical (unpaired) electrons. The molecule has 0 atom stereocenters. The van der Waals surface area contributed by atoms with Gasteiger partial charge in [-0.25, -0.2) is 0 Å². The minimum Gasteiger partial charge on any atom is -0.309 e. The molecule has 1 heteroatoms. The lowest BCUT2D eigenvalue weighted by atomic mass is 9.93. The van der Waals surface area contributed by atoms with Crippen LogP contribution in [0.5, 0.6) is 0 Å². The first-order valence-corrected chi connectivity index (χ1v) is 4.82. The second-order valence-corrected chi connectivity index (χ2v) is 3.67. The average molecular weight is 175 g/mol. The van der Waals surface area contributed by atoms with Crippen LogP contribution < -0.4 is 0 Å². The molecule has 1 nitrogen and oxygen atoms in total. The van der Waals surface area contributed by atoms with Gasteiger partial charge in [0.25, 0.3) is 0 Å². The van der Waals surface area contributed by atoms with Gasteiger partial charge in [0.15, 0.2) is 0 Å². The predicted molar refractivity (Wildman–Crippen MR) is 58.2 cm³/mol. The van der Waals surface area contributed by atoms with Gasteiger partial charge in [0.1, 0.15) is 0 Å². The maximum absolute atomic E-state index is 7.06. The molecule has 0 saturated carbocycles. The lowest BCUT2D eigenvalue weighted by molar-refractivity contribution is 0.820. The molecule has 0 aliphatic heterocycles. The van der Waals surface area contributed by atoms with Crippen LogP contribution in [-0.2, 0) is 0 Å². The van der Waals surface area contributed by atoms with E-state index in [-0.39, 0.29) is 0 Å². The van der Waals surface area contributed by atoms with E-state index in [1.54, 1.807) is 0 Å². The van der Waals surface area contributed by atoms with Crippen LogP contribution in [0.3, 0.4) is 0 Å². The molecule has 0 aromatic rings. The molecule has 0 bridgehead atoms. The summed E-state index contributed by atoms with van der Waals surface area (Å²) in [6.07, 6.45) is 12.1. The first-order chi connectivity index (χ1) is 6.24. The van der Waals surface area contributed by atoms with Crippen molar-refractivity contribution in [3.8, 4) is 0 Å². The third kappa shape index (κ3) is 3.02. The molecule has 0 saturated heterocycles. The van der Waals surface area contributed by atoms with Gasteiger partial charge >= 0.3 is 0 Å². The third-order valence-corrected chi connectivity index (χ3v) is 2.05. The maximum Gasteiger partial charge on any atom is 0.0180 e. The first-order valence-electron chi connectivity index (χ1n) is 4.82. The summed E-state index contributed by atoms with van der Waals surface area (Å²) in [5.41, 5.74) is 2.59. The average Bonchev–Trinajstić information content (AvgIpc) is 2.08. The smallest absolute Gasteiger partial charge is 0.0180 e. The molecule has 0 heterocycles. The van der Waals surface area contributed by atoms with Crippen molar-refractivity contribution in [2.45, 2.75) is 26.7 Å². The summed E-state index contributed by atoms with van der Waals surface area (Å²) in [5.74, 6) is 0.576. The van der Waals surface area contributed by atoms with Crippen LogP contribution in [0.2, 0.25) is 0 Å². The molecule has 13 heavy (non-hydrogen) atoms. The van der Waals surface area contributed by atoms with Gasteiger partial charge in [-0.05, 0) is 36.0 Å². The quantitative estimate of drug-likeness (QED) is 0.621. The summed E-state index contributed by atoms with van der Waals surface area (Å²) in [5, 5.41) is 7.06. The minimum atomic E-state index is 0.576. The molecule has 0 amide bonds. The van der Waals surface area contributed by atoms with E-state index in [4.69, 9.17) is 5.41 Å². The fourth-order valence-electron chi connectivity index (χ4n) is 1.50. The van der Waals surface area contributed by atoms with Gasteiger partial charge in [-0.1, -0.05) is 32.1 Å². The van der Waals surface area contributed by atoms with Crippen molar-refractivity contribution in [2.75, 3.05) is 0 Å². The van der Waals surface area contributed by atoms with Crippen molar-refractivity contribution < 1.29 is 0 Å². The standard InChI is InChI=1S/C12H17N/c1-10(2)9-12-6-4-3-5-11(12)7-8-13/h4,6-10,13H,3,5H2,1-2H3/b11-7-,12-9-,13-8?. The highest BCUT2D eigenvalue weighted by atomic mass is 14.3. The van der Waals surface area contributed by atoms with Gasteiger partial charge < -0.3 is 5.41 Å². The second kappa shape index (κ2) is 4.80. The van der Waals surface area contributed by atoms with Crippen molar-refractivity contribution in [3.05, 3.63) is 35.5 Å². The lowest BCUT2D eigenvalue weighted by Gasteiger charge is -2.13.